The van der Waals surface area contributed by atoms with Crippen LogP contribution in [-0.2, 0) is 11.9 Å². The molecule has 0 bridgehead atoms. The first-order valence-corrected chi connectivity index (χ1v) is 9.58. The number of halogens is 3. The molecule has 3 aromatic rings. The van der Waals surface area contributed by atoms with Crippen molar-refractivity contribution in [2.75, 3.05) is 0 Å². The predicted molar refractivity (Wildman–Crippen MR) is 87.2 cm³/mol. The maximum atomic E-state index is 14.2. The second kappa shape index (κ2) is 7.69. The van der Waals surface area contributed by atoms with E-state index in [1.807, 2.05) is 10.8 Å². The van der Waals surface area contributed by atoms with Gasteiger partial charge in [-0.3, -0.25) is 0 Å². The van der Waals surface area contributed by atoms with E-state index in [9.17, 15) is 13.2 Å². The van der Waals surface area contributed by atoms with Crippen LogP contribution in [0.25, 0.3) is 0 Å². The van der Waals surface area contributed by atoms with Gasteiger partial charge in [0.25, 0.3) is 0 Å². The van der Waals surface area contributed by atoms with Gasteiger partial charge in [-0.25, -0.2) is 0 Å². The van der Waals surface area contributed by atoms with Crippen LogP contribution in [-0.4, -0.2) is 24.5 Å². The van der Waals surface area contributed by atoms with Gasteiger partial charge in [0, 0.05) is 0 Å². The minimum absolute atomic E-state index is 0.0147. The zero-order valence-corrected chi connectivity index (χ0v) is 14.4. The molecule has 2 nitrogen and oxygen atoms in total. The third kappa shape index (κ3) is 4.28. The van der Waals surface area contributed by atoms with Crippen molar-refractivity contribution >= 4 is 15.0 Å². The maximum absolute atomic E-state index is 14.2. The second-order valence-electron chi connectivity index (χ2n) is 5.35. The molecule has 2 aromatic carbocycles. The Morgan fingerprint density at radius 3 is 2.42 bits per heavy atom. The molecule has 1 aromatic heterocycles. The number of aromatic nitrogens is 2. The van der Waals surface area contributed by atoms with Crippen LogP contribution >= 0.6 is 0 Å². The zero-order valence-electron chi connectivity index (χ0n) is 12.7. The molecule has 1 atom stereocenters. The van der Waals surface area contributed by atoms with Gasteiger partial charge in [0.15, 0.2) is 0 Å². The molecule has 1 heterocycles. The summed E-state index contributed by atoms with van der Waals surface area (Å²) in [5.41, 5.74) is 1.52. The summed E-state index contributed by atoms with van der Waals surface area (Å²) < 4.78 is 42.3. The molecular formula is C18H15F3N2Se. The molecule has 124 valence electrons. The second-order valence-corrected chi connectivity index (χ2v) is 7.85. The predicted octanol–water partition coefficient (Wildman–Crippen LogP) is 3.95. The first-order chi connectivity index (χ1) is 11.6. The summed E-state index contributed by atoms with van der Waals surface area (Å²) in [5, 5.41) is 0.740. The fourth-order valence-electron chi connectivity index (χ4n) is 2.37. The first kappa shape index (κ1) is 16.8. The molecule has 0 aliphatic carbocycles. The molecule has 0 amide bonds. The van der Waals surface area contributed by atoms with Crippen molar-refractivity contribution in [1.29, 1.82) is 0 Å². The number of nitrogens with zero attached hydrogens (tertiary/aromatic N) is 2. The minimum atomic E-state index is -0.580. The van der Waals surface area contributed by atoms with Crippen LogP contribution in [0.5, 0.6) is 0 Å². The Morgan fingerprint density at radius 1 is 1.00 bits per heavy atom. The Balaban J connectivity index is 1.80. The zero-order chi connectivity index (χ0) is 16.9. The fourth-order valence-corrected chi connectivity index (χ4v) is 4.96. The number of benzene rings is 2. The molecule has 0 saturated carbocycles. The molecule has 24 heavy (non-hydrogen) atoms. The normalized spacial score (nSPS) is 12.3. The summed E-state index contributed by atoms with van der Waals surface area (Å²) in [6.07, 6.45) is 5.18. The van der Waals surface area contributed by atoms with E-state index in [-0.39, 0.29) is 25.6 Å². The van der Waals surface area contributed by atoms with E-state index in [2.05, 4.69) is 4.98 Å². The summed E-state index contributed by atoms with van der Waals surface area (Å²) in [4.78, 5) is 3.94. The van der Waals surface area contributed by atoms with Crippen LogP contribution in [0.2, 0.25) is 0 Å². The Bertz CT molecular complexity index is 789. The van der Waals surface area contributed by atoms with Crippen LogP contribution in [0.1, 0.15) is 15.9 Å². The van der Waals surface area contributed by atoms with Gasteiger partial charge in [-0.15, -0.1) is 0 Å². The number of hydrogen-bond acceptors (Lipinski definition) is 1. The van der Waals surface area contributed by atoms with E-state index in [0.29, 0.717) is 12.1 Å². The van der Waals surface area contributed by atoms with Crippen LogP contribution in [0.15, 0.2) is 61.2 Å². The van der Waals surface area contributed by atoms with E-state index in [1.165, 1.54) is 24.3 Å². The van der Waals surface area contributed by atoms with Gasteiger partial charge in [-0.2, -0.15) is 0 Å². The van der Waals surface area contributed by atoms with Gasteiger partial charge in [-0.05, 0) is 0 Å². The topological polar surface area (TPSA) is 17.8 Å². The van der Waals surface area contributed by atoms with Crippen molar-refractivity contribution in [3.63, 3.8) is 0 Å². The standard InChI is InChI=1S/C18H15F3N2Se/c19-14-3-1-13(2-4-14)11-24-18(10-23-8-7-22-12-23)16-6-5-15(20)9-17(16)21/h1-9,12,18H,10-11H2. The van der Waals surface area contributed by atoms with Crippen LogP contribution < -0.4 is 0 Å². The van der Waals surface area contributed by atoms with E-state index in [0.717, 1.165) is 16.9 Å². The van der Waals surface area contributed by atoms with Crippen molar-refractivity contribution in [2.24, 2.45) is 0 Å². The Labute approximate surface area is 144 Å². The van der Waals surface area contributed by atoms with E-state index >= 15 is 0 Å². The molecule has 0 spiro atoms. The molecule has 0 aliphatic rings. The van der Waals surface area contributed by atoms with E-state index < -0.39 is 11.6 Å². The Hall–Kier alpha value is -2.04. The third-order valence-electron chi connectivity index (χ3n) is 3.61. The van der Waals surface area contributed by atoms with Crippen LogP contribution in [0, 0.1) is 17.5 Å². The molecule has 0 radical (unpaired) electrons. The third-order valence-corrected chi connectivity index (χ3v) is 6.35. The van der Waals surface area contributed by atoms with Crippen molar-refractivity contribution in [1.82, 2.24) is 9.55 Å². The molecule has 0 fully saturated rings. The van der Waals surface area contributed by atoms with E-state index in [1.54, 1.807) is 24.7 Å². The molecule has 0 saturated heterocycles. The van der Waals surface area contributed by atoms with Crippen molar-refractivity contribution in [2.45, 2.75) is 16.7 Å². The van der Waals surface area contributed by atoms with Crippen LogP contribution in [0.3, 0.4) is 0 Å². The first-order valence-electron chi connectivity index (χ1n) is 7.38. The monoisotopic (exact) mass is 396 g/mol. The Morgan fingerprint density at radius 2 is 1.75 bits per heavy atom. The summed E-state index contributed by atoms with van der Waals surface area (Å²) in [5.74, 6) is -1.38. The van der Waals surface area contributed by atoms with Gasteiger partial charge in [0.05, 0.1) is 0 Å². The van der Waals surface area contributed by atoms with Gasteiger partial charge < -0.3 is 0 Å². The molecule has 0 N–H and O–H groups in total. The fraction of sp³-hybridized carbons (Fsp3) is 0.167. The van der Waals surface area contributed by atoms with E-state index in [4.69, 9.17) is 0 Å². The molecule has 0 aliphatic heterocycles. The Kier molecular flexibility index (Phi) is 5.38. The average Bonchev–Trinajstić information content (AvgIpc) is 3.06. The number of rotatable bonds is 6. The summed E-state index contributed by atoms with van der Waals surface area (Å²) in [7, 11) is 0. The molecule has 6 heteroatoms. The molecular weight excluding hydrogens is 380 g/mol. The van der Waals surface area contributed by atoms with Crippen molar-refractivity contribution in [3.05, 3.63) is 89.8 Å². The number of hydrogen-bond donors (Lipinski definition) is 0. The summed E-state index contributed by atoms with van der Waals surface area (Å²) in [6.45, 7) is 0.573. The molecule has 3 rings (SSSR count). The van der Waals surface area contributed by atoms with Crippen molar-refractivity contribution in [3.8, 4) is 0 Å². The van der Waals surface area contributed by atoms with Gasteiger partial charge in [0.1, 0.15) is 0 Å². The molecule has 1 unspecified atom stereocenters. The van der Waals surface area contributed by atoms with Crippen molar-refractivity contribution < 1.29 is 13.2 Å². The summed E-state index contributed by atoms with van der Waals surface area (Å²) >= 11 is 0.0147. The SMILES string of the molecule is Fc1ccc(C[Se]C(Cn2ccnc2)c2ccc(F)cc2F)cc1. The summed E-state index contributed by atoms with van der Waals surface area (Å²) in [6, 6.07) is 10.1. The van der Waals surface area contributed by atoms with Gasteiger partial charge >= 0.3 is 144 Å². The van der Waals surface area contributed by atoms with Crippen LogP contribution in [0.4, 0.5) is 13.2 Å². The van der Waals surface area contributed by atoms with Gasteiger partial charge in [0.2, 0.25) is 0 Å². The average molecular weight is 395 g/mol. The number of imidazole rings is 1. The quantitative estimate of drug-likeness (QED) is 0.578. The van der Waals surface area contributed by atoms with Gasteiger partial charge in [-0.1, -0.05) is 0 Å².